The van der Waals surface area contributed by atoms with Gasteiger partial charge in [0, 0.05) is 18.6 Å². The molecule has 2 nitrogen and oxygen atoms in total. The number of hydrogen-bond acceptors (Lipinski definition) is 2. The maximum atomic E-state index is 13.1. The Morgan fingerprint density at radius 3 is 3.00 bits per heavy atom. The fraction of sp³-hybridized carbons (Fsp3) is 0.571. The Labute approximate surface area is 103 Å². The molecule has 0 bridgehead atoms. The summed E-state index contributed by atoms with van der Waals surface area (Å²) >= 11 is 0. The monoisotopic (exact) mass is 236 g/mol. The van der Waals surface area contributed by atoms with Crippen molar-refractivity contribution in [3.05, 3.63) is 35.6 Å². The molecule has 1 saturated heterocycles. The van der Waals surface area contributed by atoms with Crippen LogP contribution in [-0.2, 0) is 6.42 Å². The second-order valence-corrected chi connectivity index (χ2v) is 5.00. The summed E-state index contributed by atoms with van der Waals surface area (Å²) in [6, 6.07) is 7.99. The van der Waals surface area contributed by atoms with E-state index in [0.29, 0.717) is 12.1 Å². The largest absolute Gasteiger partial charge is 0.315 e. The van der Waals surface area contributed by atoms with Crippen LogP contribution in [0.5, 0.6) is 0 Å². The highest BCUT2D eigenvalue weighted by atomic mass is 19.1. The smallest absolute Gasteiger partial charge is 0.123 e. The summed E-state index contributed by atoms with van der Waals surface area (Å²) in [4.78, 5) is 2.41. The normalized spacial score (nSPS) is 22.0. The van der Waals surface area contributed by atoms with E-state index in [-0.39, 0.29) is 5.82 Å². The van der Waals surface area contributed by atoms with Crippen LogP contribution in [0.2, 0.25) is 0 Å². The molecule has 1 fully saturated rings. The first-order valence-electron chi connectivity index (χ1n) is 6.34. The molecule has 1 heterocycles. The molecular weight excluding hydrogens is 215 g/mol. The van der Waals surface area contributed by atoms with Gasteiger partial charge in [-0.3, -0.25) is 4.90 Å². The summed E-state index contributed by atoms with van der Waals surface area (Å²) in [6.45, 7) is 4.40. The maximum absolute atomic E-state index is 13.1. The number of nitrogens with one attached hydrogen (secondary N) is 1. The molecule has 1 aromatic carbocycles. The summed E-state index contributed by atoms with van der Waals surface area (Å²) < 4.78 is 13.1. The second-order valence-electron chi connectivity index (χ2n) is 5.00. The molecule has 1 aromatic rings. The Kier molecular flexibility index (Phi) is 4.13. The molecular formula is C14H21FN2. The van der Waals surface area contributed by atoms with Crippen molar-refractivity contribution >= 4 is 0 Å². The van der Waals surface area contributed by atoms with Crippen molar-refractivity contribution in [2.24, 2.45) is 0 Å². The zero-order valence-electron chi connectivity index (χ0n) is 10.6. The SMILES string of the molecule is CC(Cc1cccc(F)c1)N(C)C1CCNC1. The average molecular weight is 236 g/mol. The molecule has 94 valence electrons. The average Bonchev–Trinajstić information content (AvgIpc) is 2.81. The Morgan fingerprint density at radius 2 is 2.35 bits per heavy atom. The molecule has 2 unspecified atom stereocenters. The van der Waals surface area contributed by atoms with Gasteiger partial charge in [-0.25, -0.2) is 4.39 Å². The molecule has 0 saturated carbocycles. The third kappa shape index (κ3) is 3.27. The van der Waals surface area contributed by atoms with Crippen molar-refractivity contribution in [2.75, 3.05) is 20.1 Å². The van der Waals surface area contributed by atoms with Gasteiger partial charge in [0.2, 0.25) is 0 Å². The number of benzene rings is 1. The van der Waals surface area contributed by atoms with E-state index in [0.717, 1.165) is 25.1 Å². The van der Waals surface area contributed by atoms with E-state index in [1.165, 1.54) is 12.5 Å². The van der Waals surface area contributed by atoms with Gasteiger partial charge >= 0.3 is 0 Å². The topological polar surface area (TPSA) is 15.3 Å². The van der Waals surface area contributed by atoms with Gasteiger partial charge in [0.1, 0.15) is 5.82 Å². The fourth-order valence-corrected chi connectivity index (χ4v) is 2.50. The van der Waals surface area contributed by atoms with Gasteiger partial charge in [-0.2, -0.15) is 0 Å². The Bertz CT molecular complexity index is 361. The van der Waals surface area contributed by atoms with Crippen molar-refractivity contribution in [1.82, 2.24) is 10.2 Å². The highest BCUT2D eigenvalue weighted by Crippen LogP contribution is 2.14. The van der Waals surface area contributed by atoms with E-state index in [2.05, 4.69) is 24.2 Å². The van der Waals surface area contributed by atoms with Crippen LogP contribution in [0.25, 0.3) is 0 Å². The summed E-state index contributed by atoms with van der Waals surface area (Å²) in [5.41, 5.74) is 1.08. The van der Waals surface area contributed by atoms with Crippen LogP contribution in [-0.4, -0.2) is 37.1 Å². The maximum Gasteiger partial charge on any atom is 0.123 e. The van der Waals surface area contributed by atoms with Crippen LogP contribution in [0, 0.1) is 5.82 Å². The van der Waals surface area contributed by atoms with Crippen LogP contribution in [0.3, 0.4) is 0 Å². The van der Waals surface area contributed by atoms with Crippen LogP contribution < -0.4 is 5.32 Å². The quantitative estimate of drug-likeness (QED) is 0.860. The highest BCUT2D eigenvalue weighted by Gasteiger charge is 2.22. The van der Waals surface area contributed by atoms with Crippen LogP contribution >= 0.6 is 0 Å². The summed E-state index contributed by atoms with van der Waals surface area (Å²) in [6.07, 6.45) is 2.12. The van der Waals surface area contributed by atoms with E-state index in [9.17, 15) is 4.39 Å². The Hall–Kier alpha value is -0.930. The van der Waals surface area contributed by atoms with Crippen molar-refractivity contribution in [2.45, 2.75) is 31.8 Å². The first kappa shape index (κ1) is 12.5. The molecule has 1 aliphatic heterocycles. The van der Waals surface area contributed by atoms with Crippen LogP contribution in [0.15, 0.2) is 24.3 Å². The first-order valence-corrected chi connectivity index (χ1v) is 6.34. The van der Waals surface area contributed by atoms with Gasteiger partial charge in [0.05, 0.1) is 0 Å². The molecule has 3 heteroatoms. The van der Waals surface area contributed by atoms with E-state index in [1.54, 1.807) is 12.1 Å². The molecule has 1 N–H and O–H groups in total. The van der Waals surface area contributed by atoms with Crippen LogP contribution in [0.1, 0.15) is 18.9 Å². The molecule has 0 amide bonds. The van der Waals surface area contributed by atoms with E-state index in [4.69, 9.17) is 0 Å². The highest BCUT2D eigenvalue weighted by molar-refractivity contribution is 5.17. The van der Waals surface area contributed by atoms with E-state index >= 15 is 0 Å². The van der Waals surface area contributed by atoms with Gasteiger partial charge < -0.3 is 5.32 Å². The van der Waals surface area contributed by atoms with Gasteiger partial charge in [-0.05, 0) is 51.1 Å². The third-order valence-electron chi connectivity index (χ3n) is 3.73. The minimum atomic E-state index is -0.139. The molecule has 1 aliphatic rings. The number of hydrogen-bond donors (Lipinski definition) is 1. The number of halogens is 1. The minimum absolute atomic E-state index is 0.139. The van der Waals surface area contributed by atoms with Gasteiger partial charge in [-0.15, -0.1) is 0 Å². The van der Waals surface area contributed by atoms with E-state index < -0.39 is 0 Å². The summed E-state index contributed by atoms with van der Waals surface area (Å²) in [5.74, 6) is -0.139. The number of nitrogens with zero attached hydrogens (tertiary/aromatic N) is 1. The zero-order chi connectivity index (χ0) is 12.3. The van der Waals surface area contributed by atoms with Crippen molar-refractivity contribution in [1.29, 1.82) is 0 Å². The lowest BCUT2D eigenvalue weighted by atomic mass is 10.0. The van der Waals surface area contributed by atoms with Gasteiger partial charge in [0.25, 0.3) is 0 Å². The fourth-order valence-electron chi connectivity index (χ4n) is 2.50. The first-order chi connectivity index (χ1) is 8.16. The molecule has 0 spiro atoms. The molecule has 17 heavy (non-hydrogen) atoms. The predicted octanol–water partition coefficient (Wildman–Crippen LogP) is 2.05. The lowest BCUT2D eigenvalue weighted by Crippen LogP contribution is -2.40. The molecule has 2 rings (SSSR count). The zero-order valence-corrected chi connectivity index (χ0v) is 10.6. The van der Waals surface area contributed by atoms with Crippen molar-refractivity contribution in [3.63, 3.8) is 0 Å². The van der Waals surface area contributed by atoms with Crippen LogP contribution in [0.4, 0.5) is 4.39 Å². The lowest BCUT2D eigenvalue weighted by Gasteiger charge is -2.30. The number of likely N-dealkylation sites (N-methyl/N-ethyl adjacent to an activating group) is 1. The minimum Gasteiger partial charge on any atom is -0.315 e. The number of rotatable bonds is 4. The second kappa shape index (κ2) is 5.61. The lowest BCUT2D eigenvalue weighted by molar-refractivity contribution is 0.194. The Morgan fingerprint density at radius 1 is 1.53 bits per heavy atom. The predicted molar refractivity (Wildman–Crippen MR) is 68.6 cm³/mol. The van der Waals surface area contributed by atoms with Gasteiger partial charge in [-0.1, -0.05) is 12.1 Å². The summed E-state index contributed by atoms with van der Waals surface area (Å²) in [5, 5.41) is 3.38. The molecule has 0 aromatic heterocycles. The van der Waals surface area contributed by atoms with Gasteiger partial charge in [0.15, 0.2) is 0 Å². The molecule has 2 atom stereocenters. The van der Waals surface area contributed by atoms with Crippen molar-refractivity contribution < 1.29 is 4.39 Å². The summed E-state index contributed by atoms with van der Waals surface area (Å²) in [7, 11) is 2.17. The third-order valence-corrected chi connectivity index (χ3v) is 3.73. The molecule has 0 aliphatic carbocycles. The molecule has 0 radical (unpaired) electrons. The van der Waals surface area contributed by atoms with E-state index in [1.807, 2.05) is 6.07 Å². The standard InChI is InChI=1S/C14H21FN2/c1-11(17(2)14-6-7-16-10-14)8-12-4-3-5-13(15)9-12/h3-5,9,11,14,16H,6-8,10H2,1-2H3. The Balaban J connectivity index is 1.93. The van der Waals surface area contributed by atoms with Crippen molar-refractivity contribution in [3.8, 4) is 0 Å².